The molecule has 2 aromatic rings. The summed E-state index contributed by atoms with van der Waals surface area (Å²) in [5, 5.41) is 3.28. The Labute approximate surface area is 168 Å². The first kappa shape index (κ1) is 20.2. The molecule has 0 saturated heterocycles. The molecule has 1 N–H and O–H groups in total. The van der Waals surface area contributed by atoms with Crippen molar-refractivity contribution in [2.75, 3.05) is 19.4 Å². The maximum atomic E-state index is 12.6. The predicted octanol–water partition coefficient (Wildman–Crippen LogP) is 3.24. The summed E-state index contributed by atoms with van der Waals surface area (Å²) in [6.07, 6.45) is 5.95. The molecule has 1 aliphatic rings. The Morgan fingerprint density at radius 2 is 2.11 bits per heavy atom. The van der Waals surface area contributed by atoms with Crippen molar-refractivity contribution in [3.8, 4) is 0 Å². The Morgan fingerprint density at radius 3 is 2.74 bits per heavy atom. The van der Waals surface area contributed by atoms with Crippen molar-refractivity contribution in [1.29, 1.82) is 0 Å². The number of nitrogens with zero attached hydrogens (tertiary/aromatic N) is 3. The van der Waals surface area contributed by atoms with Gasteiger partial charge in [-0.25, -0.2) is 17.7 Å². The van der Waals surface area contributed by atoms with E-state index in [1.54, 1.807) is 19.2 Å². The average Bonchev–Trinajstić information content (AvgIpc) is 3.35. The van der Waals surface area contributed by atoms with E-state index in [9.17, 15) is 13.2 Å². The topological polar surface area (TPSA) is 84.3 Å². The third-order valence-electron chi connectivity index (χ3n) is 4.18. The van der Waals surface area contributed by atoms with Crippen LogP contribution in [0.25, 0.3) is 0 Å². The molecule has 0 spiro atoms. The van der Waals surface area contributed by atoms with E-state index in [0.29, 0.717) is 11.7 Å². The summed E-state index contributed by atoms with van der Waals surface area (Å²) in [5.74, 6) is -0.235. The molecule has 1 fully saturated rings. The molecule has 27 heavy (non-hydrogen) atoms. The number of hydrogen-bond donors (Lipinski definition) is 1. The summed E-state index contributed by atoms with van der Waals surface area (Å²) >= 11 is 7.42. The zero-order valence-corrected chi connectivity index (χ0v) is 17.6. The van der Waals surface area contributed by atoms with Crippen LogP contribution in [0.15, 0.2) is 40.6 Å². The van der Waals surface area contributed by atoms with E-state index in [2.05, 4.69) is 14.9 Å². The number of thioether (sulfide) groups is 1. The number of carbonyl (C=O) groups excluding carboxylic acids is 1. The largest absolute Gasteiger partial charge is 0.325 e. The predicted molar refractivity (Wildman–Crippen MR) is 107 cm³/mol. The summed E-state index contributed by atoms with van der Waals surface area (Å²) < 4.78 is 27.9. The van der Waals surface area contributed by atoms with Gasteiger partial charge in [-0.1, -0.05) is 23.4 Å². The molecular weight excluding hydrogens is 408 g/mol. The van der Waals surface area contributed by atoms with E-state index in [0.717, 1.165) is 22.3 Å². The standard InChI is InChI=1S/C17H21ClN4O3S2/c1-11(26-17-19-8-9-22(17)13-5-6-13)16(23)20-12-4-7-14(18)15(10-12)27(24,25)21(2)3/h4,7-11,13H,5-6H2,1-3H3,(H,20,23)/t11-/m0/s1. The molecule has 10 heteroatoms. The van der Waals surface area contributed by atoms with Crippen molar-refractivity contribution in [1.82, 2.24) is 13.9 Å². The van der Waals surface area contributed by atoms with Crippen LogP contribution in [0.5, 0.6) is 0 Å². The molecule has 1 aromatic carbocycles. The molecule has 1 aromatic heterocycles. The van der Waals surface area contributed by atoms with Crippen molar-refractivity contribution in [2.24, 2.45) is 0 Å². The van der Waals surface area contributed by atoms with Gasteiger partial charge in [0.2, 0.25) is 15.9 Å². The van der Waals surface area contributed by atoms with Gasteiger partial charge in [0.1, 0.15) is 4.90 Å². The molecule has 1 heterocycles. The highest BCUT2D eigenvalue weighted by atomic mass is 35.5. The zero-order valence-electron chi connectivity index (χ0n) is 15.2. The highest BCUT2D eigenvalue weighted by Gasteiger charge is 2.27. The molecule has 0 radical (unpaired) electrons. The van der Waals surface area contributed by atoms with Crippen LogP contribution in [0, 0.1) is 0 Å². The quantitative estimate of drug-likeness (QED) is 0.684. The maximum absolute atomic E-state index is 12.6. The van der Waals surface area contributed by atoms with Gasteiger partial charge in [0, 0.05) is 38.2 Å². The number of sulfonamides is 1. The van der Waals surface area contributed by atoms with Gasteiger partial charge >= 0.3 is 0 Å². The summed E-state index contributed by atoms with van der Waals surface area (Å²) in [6, 6.07) is 4.90. The Morgan fingerprint density at radius 1 is 1.41 bits per heavy atom. The normalized spacial score (nSPS) is 15.7. The molecule has 146 valence electrons. The molecular formula is C17H21ClN4O3S2. The number of aromatic nitrogens is 2. The Hall–Kier alpha value is -1.55. The molecule has 7 nitrogen and oxygen atoms in total. The van der Waals surface area contributed by atoms with Crippen LogP contribution in [-0.4, -0.2) is 47.5 Å². The van der Waals surface area contributed by atoms with E-state index in [1.807, 2.05) is 6.20 Å². The number of nitrogens with one attached hydrogen (secondary N) is 1. The third kappa shape index (κ3) is 4.48. The minimum atomic E-state index is -3.70. The lowest BCUT2D eigenvalue weighted by molar-refractivity contribution is -0.115. The number of imidazole rings is 1. The zero-order chi connectivity index (χ0) is 19.8. The van der Waals surface area contributed by atoms with Crippen molar-refractivity contribution in [2.45, 2.75) is 41.1 Å². The van der Waals surface area contributed by atoms with Crippen LogP contribution in [-0.2, 0) is 14.8 Å². The second-order valence-electron chi connectivity index (χ2n) is 6.53. The van der Waals surface area contributed by atoms with E-state index in [1.165, 1.54) is 38.0 Å². The second kappa shape index (κ2) is 7.83. The molecule has 0 bridgehead atoms. The van der Waals surface area contributed by atoms with Crippen molar-refractivity contribution in [3.05, 3.63) is 35.6 Å². The van der Waals surface area contributed by atoms with Gasteiger partial charge in [-0.15, -0.1) is 0 Å². The number of rotatable bonds is 7. The number of anilines is 1. The second-order valence-corrected chi connectivity index (χ2v) is 10.4. The Bertz CT molecular complexity index is 955. The van der Waals surface area contributed by atoms with Crippen molar-refractivity contribution < 1.29 is 13.2 Å². The monoisotopic (exact) mass is 428 g/mol. The van der Waals surface area contributed by atoms with Crippen LogP contribution in [0.2, 0.25) is 5.02 Å². The fourth-order valence-electron chi connectivity index (χ4n) is 2.45. The summed E-state index contributed by atoms with van der Waals surface area (Å²) in [4.78, 5) is 16.8. The lowest BCUT2D eigenvalue weighted by Crippen LogP contribution is -2.24. The van der Waals surface area contributed by atoms with E-state index < -0.39 is 15.3 Å². The van der Waals surface area contributed by atoms with Gasteiger partial charge in [-0.2, -0.15) is 0 Å². The first-order valence-corrected chi connectivity index (χ1v) is 11.1. The lowest BCUT2D eigenvalue weighted by Gasteiger charge is -2.16. The SMILES string of the molecule is C[C@H](Sc1nccn1C1CC1)C(=O)Nc1ccc(Cl)c(S(=O)(=O)N(C)C)c1. The van der Waals surface area contributed by atoms with Gasteiger partial charge < -0.3 is 9.88 Å². The highest BCUT2D eigenvalue weighted by molar-refractivity contribution is 8.00. The van der Waals surface area contributed by atoms with Gasteiger partial charge in [0.05, 0.1) is 10.3 Å². The fourth-order valence-corrected chi connectivity index (χ4v) is 4.78. The summed E-state index contributed by atoms with van der Waals surface area (Å²) in [5.41, 5.74) is 0.378. The molecule has 1 saturated carbocycles. The molecule has 1 atom stereocenters. The maximum Gasteiger partial charge on any atom is 0.244 e. The molecule has 3 rings (SSSR count). The van der Waals surface area contributed by atoms with Gasteiger partial charge in [0.15, 0.2) is 5.16 Å². The number of hydrogen-bond acceptors (Lipinski definition) is 5. The minimum absolute atomic E-state index is 0.0449. The van der Waals surface area contributed by atoms with Crippen LogP contribution < -0.4 is 5.32 Å². The molecule has 0 aliphatic heterocycles. The number of carbonyl (C=O) groups is 1. The number of amides is 1. The molecule has 1 aliphatic carbocycles. The summed E-state index contributed by atoms with van der Waals surface area (Å²) in [7, 11) is -0.847. The third-order valence-corrected chi connectivity index (χ3v) is 7.57. The molecule has 0 unspecified atom stereocenters. The highest BCUT2D eigenvalue weighted by Crippen LogP contribution is 2.38. The minimum Gasteiger partial charge on any atom is -0.325 e. The summed E-state index contributed by atoms with van der Waals surface area (Å²) in [6.45, 7) is 1.79. The van der Waals surface area contributed by atoms with Crippen LogP contribution in [0.3, 0.4) is 0 Å². The van der Waals surface area contributed by atoms with Gasteiger partial charge in [-0.05, 0) is 38.0 Å². The van der Waals surface area contributed by atoms with Gasteiger partial charge in [0.25, 0.3) is 0 Å². The first-order chi connectivity index (χ1) is 12.7. The fraction of sp³-hybridized carbons (Fsp3) is 0.412. The first-order valence-electron chi connectivity index (χ1n) is 8.42. The van der Waals surface area contributed by atoms with Crippen LogP contribution in [0.4, 0.5) is 5.69 Å². The van der Waals surface area contributed by atoms with E-state index >= 15 is 0 Å². The molecule has 1 amide bonds. The number of benzene rings is 1. The van der Waals surface area contributed by atoms with E-state index in [-0.39, 0.29) is 15.8 Å². The smallest absolute Gasteiger partial charge is 0.244 e. The lowest BCUT2D eigenvalue weighted by atomic mass is 10.3. The van der Waals surface area contributed by atoms with Crippen LogP contribution in [0.1, 0.15) is 25.8 Å². The number of halogens is 1. The van der Waals surface area contributed by atoms with Gasteiger partial charge in [-0.3, -0.25) is 4.79 Å². The Balaban J connectivity index is 1.73. The Kier molecular flexibility index (Phi) is 5.85. The van der Waals surface area contributed by atoms with E-state index in [4.69, 9.17) is 11.6 Å². The van der Waals surface area contributed by atoms with Crippen molar-refractivity contribution >= 4 is 45.0 Å². The van der Waals surface area contributed by atoms with Crippen LogP contribution >= 0.6 is 23.4 Å². The average molecular weight is 429 g/mol. The van der Waals surface area contributed by atoms with Crippen molar-refractivity contribution in [3.63, 3.8) is 0 Å².